The summed E-state index contributed by atoms with van der Waals surface area (Å²) < 4.78 is 0. The Hall–Kier alpha value is -1.46. The number of nitrogens with zero attached hydrogens (tertiary/aromatic N) is 1. The Balaban J connectivity index is 2.87. The second-order valence-electron chi connectivity index (χ2n) is 3.09. The van der Waals surface area contributed by atoms with E-state index in [4.69, 9.17) is 0 Å². The molecule has 0 spiro atoms. The van der Waals surface area contributed by atoms with Gasteiger partial charge < -0.3 is 4.90 Å². The van der Waals surface area contributed by atoms with Crippen molar-refractivity contribution in [3.8, 4) is 0 Å². The second kappa shape index (κ2) is 4.54. The maximum atomic E-state index is 3.05. The lowest BCUT2D eigenvalue weighted by Gasteiger charge is -2.11. The standard InChI is InChI=1S/C12H15N/c1-4-5-6-11-7-9-12(10-8-11)13(2)3/h4,6-10H,1-3H3. The summed E-state index contributed by atoms with van der Waals surface area (Å²) in [5.74, 6) is 0. The predicted molar refractivity (Wildman–Crippen MR) is 59.0 cm³/mol. The van der Waals surface area contributed by atoms with Gasteiger partial charge in [-0.25, -0.2) is 0 Å². The van der Waals surface area contributed by atoms with Crippen LogP contribution in [0.3, 0.4) is 0 Å². The molecule has 0 N–H and O–H groups in total. The van der Waals surface area contributed by atoms with Crippen LogP contribution in [0.1, 0.15) is 12.5 Å². The van der Waals surface area contributed by atoms with E-state index in [1.165, 1.54) is 11.3 Å². The zero-order valence-electron chi connectivity index (χ0n) is 8.41. The first-order valence-corrected chi connectivity index (χ1v) is 4.38. The summed E-state index contributed by atoms with van der Waals surface area (Å²) in [6, 6.07) is 8.38. The molecular weight excluding hydrogens is 158 g/mol. The average Bonchev–Trinajstić information content (AvgIpc) is 2.15. The molecular formula is C12H15N. The van der Waals surface area contributed by atoms with Crippen LogP contribution in [0.4, 0.5) is 5.69 Å². The van der Waals surface area contributed by atoms with Crippen LogP contribution in [0.2, 0.25) is 0 Å². The lowest BCUT2D eigenvalue weighted by molar-refractivity contribution is 1.13. The Morgan fingerprint density at radius 2 is 1.77 bits per heavy atom. The summed E-state index contributed by atoms with van der Waals surface area (Å²) in [7, 11) is 4.08. The zero-order valence-corrected chi connectivity index (χ0v) is 8.41. The van der Waals surface area contributed by atoms with Crippen LogP contribution >= 0.6 is 0 Å². The summed E-state index contributed by atoms with van der Waals surface area (Å²) in [5, 5.41) is 0. The van der Waals surface area contributed by atoms with Crippen LogP contribution in [0, 0.1) is 0 Å². The van der Waals surface area contributed by atoms with Crippen LogP contribution in [-0.4, -0.2) is 14.1 Å². The molecule has 0 fully saturated rings. The highest BCUT2D eigenvalue weighted by Gasteiger charge is 1.92. The minimum absolute atomic E-state index is 1.18. The molecule has 0 unspecified atom stereocenters. The van der Waals surface area contributed by atoms with E-state index in [9.17, 15) is 0 Å². The van der Waals surface area contributed by atoms with E-state index in [0.29, 0.717) is 0 Å². The molecule has 1 aromatic rings. The molecule has 0 amide bonds. The highest BCUT2D eigenvalue weighted by Crippen LogP contribution is 2.12. The Bertz CT molecular complexity index is 313. The Morgan fingerprint density at radius 1 is 1.15 bits per heavy atom. The molecule has 0 aromatic heterocycles. The van der Waals surface area contributed by atoms with Crippen molar-refractivity contribution in [3.63, 3.8) is 0 Å². The SMILES string of the molecule is CC=C=Cc1ccc(N(C)C)cc1. The summed E-state index contributed by atoms with van der Waals surface area (Å²) in [6.07, 6.45) is 3.87. The van der Waals surface area contributed by atoms with Crippen LogP contribution in [0.15, 0.2) is 36.1 Å². The van der Waals surface area contributed by atoms with E-state index < -0.39 is 0 Å². The van der Waals surface area contributed by atoms with E-state index in [2.05, 4.69) is 34.9 Å². The highest BCUT2D eigenvalue weighted by atomic mass is 15.1. The van der Waals surface area contributed by atoms with Crippen molar-refractivity contribution in [1.82, 2.24) is 0 Å². The number of benzene rings is 1. The van der Waals surface area contributed by atoms with Crippen molar-refractivity contribution < 1.29 is 0 Å². The molecule has 1 rings (SSSR count). The Labute approximate surface area is 80.0 Å². The molecule has 1 heteroatoms. The van der Waals surface area contributed by atoms with Gasteiger partial charge in [-0.3, -0.25) is 0 Å². The second-order valence-corrected chi connectivity index (χ2v) is 3.09. The monoisotopic (exact) mass is 173 g/mol. The summed E-state index contributed by atoms with van der Waals surface area (Å²) in [5.41, 5.74) is 5.45. The van der Waals surface area contributed by atoms with Crippen molar-refractivity contribution in [1.29, 1.82) is 0 Å². The van der Waals surface area contributed by atoms with Crippen molar-refractivity contribution in [2.24, 2.45) is 0 Å². The van der Waals surface area contributed by atoms with Gasteiger partial charge in [-0.15, -0.1) is 5.73 Å². The molecule has 0 aliphatic carbocycles. The van der Waals surface area contributed by atoms with E-state index >= 15 is 0 Å². The fourth-order valence-corrected chi connectivity index (χ4v) is 1.05. The molecule has 13 heavy (non-hydrogen) atoms. The summed E-state index contributed by atoms with van der Waals surface area (Å²) >= 11 is 0. The molecule has 0 heterocycles. The number of rotatable bonds is 2. The largest absolute Gasteiger partial charge is 0.378 e. The van der Waals surface area contributed by atoms with Crippen LogP contribution in [-0.2, 0) is 0 Å². The minimum Gasteiger partial charge on any atom is -0.378 e. The number of anilines is 1. The maximum absolute atomic E-state index is 3.05. The molecule has 0 saturated heterocycles. The highest BCUT2D eigenvalue weighted by molar-refractivity contribution is 5.55. The van der Waals surface area contributed by atoms with Crippen molar-refractivity contribution in [2.45, 2.75) is 6.92 Å². The molecule has 0 radical (unpaired) electrons. The van der Waals surface area contributed by atoms with E-state index in [-0.39, 0.29) is 0 Å². The van der Waals surface area contributed by atoms with Gasteiger partial charge >= 0.3 is 0 Å². The van der Waals surface area contributed by atoms with Crippen molar-refractivity contribution in [2.75, 3.05) is 19.0 Å². The zero-order chi connectivity index (χ0) is 9.68. The molecule has 0 bridgehead atoms. The quantitative estimate of drug-likeness (QED) is 0.621. The van der Waals surface area contributed by atoms with Gasteiger partial charge in [0.1, 0.15) is 0 Å². The van der Waals surface area contributed by atoms with Gasteiger partial charge in [-0.1, -0.05) is 12.1 Å². The minimum atomic E-state index is 1.18. The Morgan fingerprint density at radius 3 is 2.23 bits per heavy atom. The molecule has 68 valence electrons. The van der Waals surface area contributed by atoms with Gasteiger partial charge in [-0.05, 0) is 36.8 Å². The maximum Gasteiger partial charge on any atom is 0.0361 e. The van der Waals surface area contributed by atoms with E-state index in [0.717, 1.165) is 0 Å². The molecule has 0 aliphatic heterocycles. The first-order valence-electron chi connectivity index (χ1n) is 4.38. The van der Waals surface area contributed by atoms with Gasteiger partial charge in [0.25, 0.3) is 0 Å². The first kappa shape index (κ1) is 9.63. The summed E-state index contributed by atoms with van der Waals surface area (Å²) in [4.78, 5) is 2.09. The third-order valence-electron chi connectivity index (χ3n) is 1.83. The van der Waals surface area contributed by atoms with Crippen LogP contribution in [0.5, 0.6) is 0 Å². The molecule has 0 saturated carbocycles. The molecule has 1 aromatic carbocycles. The van der Waals surface area contributed by atoms with Gasteiger partial charge in [0.15, 0.2) is 0 Å². The fourth-order valence-electron chi connectivity index (χ4n) is 1.05. The molecule has 1 nitrogen and oxygen atoms in total. The Kier molecular flexibility index (Phi) is 3.36. The van der Waals surface area contributed by atoms with Crippen LogP contribution < -0.4 is 4.90 Å². The van der Waals surface area contributed by atoms with Gasteiger partial charge in [0, 0.05) is 19.8 Å². The van der Waals surface area contributed by atoms with Crippen molar-refractivity contribution >= 4 is 11.8 Å². The third kappa shape index (κ3) is 2.81. The lowest BCUT2D eigenvalue weighted by atomic mass is 10.2. The van der Waals surface area contributed by atoms with E-state index in [1.807, 2.05) is 33.2 Å². The van der Waals surface area contributed by atoms with Crippen LogP contribution in [0.25, 0.3) is 6.08 Å². The van der Waals surface area contributed by atoms with Gasteiger partial charge in [0.2, 0.25) is 0 Å². The summed E-state index contributed by atoms with van der Waals surface area (Å²) in [6.45, 7) is 1.96. The van der Waals surface area contributed by atoms with Gasteiger partial charge in [-0.2, -0.15) is 0 Å². The average molecular weight is 173 g/mol. The molecule has 0 aliphatic rings. The third-order valence-corrected chi connectivity index (χ3v) is 1.83. The number of hydrogen-bond donors (Lipinski definition) is 0. The van der Waals surface area contributed by atoms with Gasteiger partial charge in [0.05, 0.1) is 0 Å². The lowest BCUT2D eigenvalue weighted by Crippen LogP contribution is -2.07. The van der Waals surface area contributed by atoms with Crippen molar-refractivity contribution in [3.05, 3.63) is 41.6 Å². The first-order chi connectivity index (χ1) is 6.24. The normalized spacial score (nSPS) is 8.85. The number of hydrogen-bond acceptors (Lipinski definition) is 1. The topological polar surface area (TPSA) is 3.24 Å². The smallest absolute Gasteiger partial charge is 0.0361 e. The van der Waals surface area contributed by atoms with E-state index in [1.54, 1.807) is 0 Å². The molecule has 0 atom stereocenters. The number of allylic oxidation sites excluding steroid dienone is 1. The fraction of sp³-hybridized carbons (Fsp3) is 0.250. The predicted octanol–water partition coefficient (Wildman–Crippen LogP) is 2.94.